The fourth-order valence-electron chi connectivity index (χ4n) is 0. The number of hydrogen-bond acceptors (Lipinski definition) is 4. The Morgan fingerprint density at radius 3 is 0.444 bits per heavy atom. The van der Waals surface area contributed by atoms with E-state index in [0.717, 1.165) is 0 Å². The van der Waals surface area contributed by atoms with Crippen LogP contribution in [0.2, 0.25) is 0 Å². The van der Waals surface area contributed by atoms with E-state index in [0.29, 0.717) is 0 Å². The molecule has 0 aliphatic heterocycles. The van der Waals surface area contributed by atoms with Crippen molar-refractivity contribution in [3.8, 4) is 0 Å². The van der Waals surface area contributed by atoms with Crippen LogP contribution in [0.15, 0.2) is 0 Å². The van der Waals surface area contributed by atoms with Gasteiger partial charge >= 0.3 is 20.8 Å². The molecule has 18 heteroatoms. The minimum atomic E-state index is -4.67. The van der Waals surface area contributed by atoms with Crippen molar-refractivity contribution >= 4 is 20.8 Å². The van der Waals surface area contributed by atoms with Gasteiger partial charge in [-0.25, -0.2) is 0 Å². The first kappa shape index (κ1) is 78.1. The van der Waals surface area contributed by atoms with Crippen LogP contribution in [-0.2, 0) is 55.5 Å². The van der Waals surface area contributed by atoms with Gasteiger partial charge in [0.2, 0.25) is 0 Å². The molecule has 0 atom stereocenters. The molecule has 0 unspecified atom stereocenters. The molecule has 0 saturated heterocycles. The van der Waals surface area contributed by atoms with Crippen LogP contribution in [0.4, 0.5) is 0 Å². The summed E-state index contributed by atoms with van der Waals surface area (Å²) in [5.74, 6) is 0. The van der Waals surface area contributed by atoms with Crippen molar-refractivity contribution in [2.75, 3.05) is 0 Å². The van der Waals surface area contributed by atoms with Gasteiger partial charge in [0.25, 0.3) is 0 Å². The van der Waals surface area contributed by atoms with Crippen LogP contribution in [0, 0.1) is 0 Å². The van der Waals surface area contributed by atoms with Crippen molar-refractivity contribution in [1.29, 1.82) is 0 Å². The van der Waals surface area contributed by atoms with E-state index in [1.807, 2.05) is 0 Å². The van der Waals surface area contributed by atoms with E-state index in [9.17, 15) is 0 Å². The molecule has 16 N–H and O–H groups in total. The Labute approximate surface area is 123 Å². The third-order valence-corrected chi connectivity index (χ3v) is 0. The first-order chi connectivity index (χ1) is 4.00. The van der Waals surface area contributed by atoms with Gasteiger partial charge in [-0.1, -0.05) is 0 Å². The summed E-state index contributed by atoms with van der Waals surface area (Å²) in [5.41, 5.74) is 0. The standard InChI is InChI=1S/2Cr.2H2O4S.6H2O/c;;2*1-5(2,3)4;;;;;;/h;;2*(H2,1,2,3,4);6*1H2. The van der Waals surface area contributed by atoms with Crippen molar-refractivity contribution in [1.82, 2.24) is 0 Å². The normalized spacial score (nSPS) is 6.44. The van der Waals surface area contributed by atoms with Crippen molar-refractivity contribution < 1.29 is 103 Å². The molecule has 0 heterocycles. The molecular formula is H16Cr2O14S2. The van der Waals surface area contributed by atoms with E-state index in [-0.39, 0.29) is 67.6 Å². The molecule has 0 aromatic rings. The van der Waals surface area contributed by atoms with E-state index >= 15 is 0 Å². The largest absolute Gasteiger partial charge is 0.412 e. The number of hydrogen-bond donors (Lipinski definition) is 4. The molecule has 0 aliphatic rings. The van der Waals surface area contributed by atoms with E-state index in [1.165, 1.54) is 0 Å². The molecule has 0 saturated carbocycles. The van der Waals surface area contributed by atoms with Crippen LogP contribution in [-0.4, -0.2) is 67.9 Å². The third-order valence-electron chi connectivity index (χ3n) is 0. The summed E-state index contributed by atoms with van der Waals surface area (Å²) in [6, 6.07) is 0. The first-order valence-corrected chi connectivity index (χ1v) is 4.19. The summed E-state index contributed by atoms with van der Waals surface area (Å²) >= 11 is 0. The van der Waals surface area contributed by atoms with Crippen molar-refractivity contribution in [3.05, 3.63) is 0 Å². The molecule has 124 valence electrons. The van der Waals surface area contributed by atoms with Crippen LogP contribution >= 0.6 is 0 Å². The molecule has 0 aromatic heterocycles. The predicted molar refractivity (Wildman–Crippen MR) is 50.0 cm³/mol. The second-order valence-corrected chi connectivity index (χ2v) is 2.69. The van der Waals surface area contributed by atoms with Gasteiger partial charge in [-0.05, 0) is 0 Å². The Balaban J connectivity index is -0.00000000615. The van der Waals surface area contributed by atoms with E-state index < -0.39 is 20.8 Å². The predicted octanol–water partition coefficient (Wildman–Crippen LogP) is -6.26. The Morgan fingerprint density at radius 2 is 0.444 bits per heavy atom. The molecule has 0 bridgehead atoms. The van der Waals surface area contributed by atoms with Gasteiger partial charge in [-0.2, -0.15) is 16.8 Å². The molecule has 0 fully saturated rings. The number of rotatable bonds is 0. The minimum absolute atomic E-state index is 0. The van der Waals surface area contributed by atoms with Crippen molar-refractivity contribution in [2.24, 2.45) is 0 Å². The molecule has 0 rings (SSSR count). The Hall–Kier alpha value is 0.565. The van der Waals surface area contributed by atoms with Gasteiger partial charge < -0.3 is 32.9 Å². The molecule has 0 spiro atoms. The molecule has 0 aliphatic carbocycles. The van der Waals surface area contributed by atoms with Crippen LogP contribution in [0.5, 0.6) is 0 Å². The molecule has 14 nitrogen and oxygen atoms in total. The molecular weight excluding hydrogens is 392 g/mol. The summed E-state index contributed by atoms with van der Waals surface area (Å²) < 4.78 is 63.2. The Bertz CT molecular complexity index is 214. The van der Waals surface area contributed by atoms with Crippen LogP contribution in [0.3, 0.4) is 0 Å². The maximum Gasteiger partial charge on any atom is 0.394 e. The Kier molecular flexibility index (Phi) is 132. The minimum Gasteiger partial charge on any atom is -0.412 e. The second kappa shape index (κ2) is 30.5. The third kappa shape index (κ3) is 12600. The summed E-state index contributed by atoms with van der Waals surface area (Å²) in [5, 5.41) is 0. The van der Waals surface area contributed by atoms with Gasteiger partial charge in [0.15, 0.2) is 0 Å². The zero-order valence-electron chi connectivity index (χ0n) is 8.05. The maximum absolute atomic E-state index is 8.74. The van der Waals surface area contributed by atoms with Crippen LogP contribution < -0.4 is 0 Å². The SMILES string of the molecule is O.O.O.O.O.O.O=S(=O)(O)O.O=S(=O)(O)O.[Cr].[Cr]. The van der Waals surface area contributed by atoms with E-state index in [4.69, 9.17) is 35.0 Å². The topological polar surface area (TPSA) is 338 Å². The fourth-order valence-corrected chi connectivity index (χ4v) is 0. The Morgan fingerprint density at radius 1 is 0.444 bits per heavy atom. The zero-order chi connectivity index (χ0) is 9.00. The van der Waals surface area contributed by atoms with Crippen LogP contribution in [0.25, 0.3) is 0 Å². The molecule has 18 heavy (non-hydrogen) atoms. The van der Waals surface area contributed by atoms with E-state index in [1.54, 1.807) is 0 Å². The van der Waals surface area contributed by atoms with Gasteiger partial charge in [-0.15, -0.1) is 0 Å². The van der Waals surface area contributed by atoms with Gasteiger partial charge in [0, 0.05) is 34.7 Å². The second-order valence-electron chi connectivity index (χ2n) is 0.896. The fraction of sp³-hybridized carbons (Fsp3) is 0. The maximum atomic E-state index is 8.74. The first-order valence-electron chi connectivity index (χ1n) is 1.40. The molecule has 0 aromatic carbocycles. The average Bonchev–Trinajstić information content (AvgIpc) is 1.12. The average molecular weight is 408 g/mol. The van der Waals surface area contributed by atoms with Crippen molar-refractivity contribution in [3.63, 3.8) is 0 Å². The van der Waals surface area contributed by atoms with Gasteiger partial charge in [0.05, 0.1) is 0 Å². The summed E-state index contributed by atoms with van der Waals surface area (Å²) in [7, 11) is -9.33. The zero-order valence-corrected chi connectivity index (χ0v) is 12.2. The molecule has 0 radical (unpaired) electrons. The summed E-state index contributed by atoms with van der Waals surface area (Å²) in [4.78, 5) is 0. The van der Waals surface area contributed by atoms with Crippen molar-refractivity contribution in [2.45, 2.75) is 0 Å². The smallest absolute Gasteiger partial charge is 0.394 e. The van der Waals surface area contributed by atoms with Gasteiger partial charge in [-0.3, -0.25) is 18.2 Å². The summed E-state index contributed by atoms with van der Waals surface area (Å²) in [6.45, 7) is 0. The van der Waals surface area contributed by atoms with Crippen LogP contribution in [0.1, 0.15) is 0 Å². The monoisotopic (exact) mass is 408 g/mol. The van der Waals surface area contributed by atoms with E-state index in [2.05, 4.69) is 0 Å². The quantitative estimate of drug-likeness (QED) is 0.278. The van der Waals surface area contributed by atoms with Gasteiger partial charge in [0.1, 0.15) is 0 Å². The summed E-state index contributed by atoms with van der Waals surface area (Å²) in [6.07, 6.45) is 0. The molecule has 0 amide bonds.